The Balaban J connectivity index is 1.70. The summed E-state index contributed by atoms with van der Waals surface area (Å²) in [6, 6.07) is 18.7. The number of carbonyl (C=O) groups excluding carboxylic acids is 3. The monoisotopic (exact) mass is 470 g/mol. The van der Waals surface area contributed by atoms with Gasteiger partial charge in [-0.25, -0.2) is 0 Å². The minimum atomic E-state index is -0.477. The van der Waals surface area contributed by atoms with Gasteiger partial charge in [-0.3, -0.25) is 14.4 Å². The first-order chi connectivity index (χ1) is 16.0. The Morgan fingerprint density at radius 1 is 0.939 bits per heavy atom. The smallest absolute Gasteiger partial charge is 0.257 e. The molecule has 2 amide bonds. The number of aryl methyl sites for hydroxylation is 1. The number of ketones is 1. The Morgan fingerprint density at radius 3 is 2.27 bits per heavy atom. The zero-order valence-electron chi connectivity index (χ0n) is 19.4. The minimum Gasteiger partial charge on any atom is -0.484 e. The number of amides is 2. The molecular formula is C26H34N2O4S. The summed E-state index contributed by atoms with van der Waals surface area (Å²) in [6.45, 7) is 2.41. The second-order valence-electron chi connectivity index (χ2n) is 8.09. The fourth-order valence-electron chi connectivity index (χ4n) is 3.26. The maximum absolute atomic E-state index is 12.5. The van der Waals surface area contributed by atoms with Crippen molar-refractivity contribution in [2.24, 2.45) is 5.92 Å². The first-order valence-electron chi connectivity index (χ1n) is 11.3. The van der Waals surface area contributed by atoms with E-state index in [1.54, 1.807) is 12.1 Å². The van der Waals surface area contributed by atoms with Gasteiger partial charge >= 0.3 is 0 Å². The van der Waals surface area contributed by atoms with Crippen molar-refractivity contribution in [2.45, 2.75) is 38.6 Å². The molecule has 0 unspecified atom stereocenters. The summed E-state index contributed by atoms with van der Waals surface area (Å²) in [7, 11) is 0. The molecule has 6 nitrogen and oxygen atoms in total. The molecule has 2 aromatic rings. The maximum Gasteiger partial charge on any atom is 0.257 e. The van der Waals surface area contributed by atoms with E-state index in [-0.39, 0.29) is 30.1 Å². The lowest BCUT2D eigenvalue weighted by atomic mass is 10.0. The number of Topliss-reactive ketones (excluding diaryl/α,β-unsaturated/α-hetero) is 1. The lowest BCUT2D eigenvalue weighted by Crippen LogP contribution is -2.42. The van der Waals surface area contributed by atoms with Crippen LogP contribution in [0.5, 0.6) is 5.75 Å². The summed E-state index contributed by atoms with van der Waals surface area (Å²) in [6.07, 6.45) is 4.14. The Labute approximate surface area is 200 Å². The molecule has 7 heteroatoms. The summed E-state index contributed by atoms with van der Waals surface area (Å²) in [5.74, 6) is 0.876. The van der Waals surface area contributed by atoms with Gasteiger partial charge in [0.2, 0.25) is 5.91 Å². The third kappa shape index (κ3) is 11.1. The second kappa shape index (κ2) is 15.1. The highest BCUT2D eigenvalue weighted by Crippen LogP contribution is 2.10. The summed E-state index contributed by atoms with van der Waals surface area (Å²) < 4.78 is 5.43. The molecule has 178 valence electrons. The van der Waals surface area contributed by atoms with E-state index in [1.807, 2.05) is 61.7 Å². The number of rotatable bonds is 15. The van der Waals surface area contributed by atoms with E-state index in [1.165, 1.54) is 11.8 Å². The van der Waals surface area contributed by atoms with E-state index in [4.69, 9.17) is 4.74 Å². The van der Waals surface area contributed by atoms with Gasteiger partial charge in [0, 0.05) is 13.0 Å². The molecule has 33 heavy (non-hydrogen) atoms. The molecule has 0 heterocycles. The fraction of sp³-hybridized carbons (Fsp3) is 0.423. The second-order valence-corrected chi connectivity index (χ2v) is 8.96. The van der Waals surface area contributed by atoms with E-state index in [9.17, 15) is 14.4 Å². The Morgan fingerprint density at radius 2 is 1.61 bits per heavy atom. The first-order valence-corrected chi connectivity index (χ1v) is 12.7. The highest BCUT2D eigenvalue weighted by atomic mass is 32.2. The molecule has 2 rings (SSSR count). The lowest BCUT2D eigenvalue weighted by Gasteiger charge is -2.18. The molecule has 0 aliphatic heterocycles. The van der Waals surface area contributed by atoms with Crippen molar-refractivity contribution < 1.29 is 19.1 Å². The van der Waals surface area contributed by atoms with Crippen molar-refractivity contribution in [3.8, 4) is 5.75 Å². The van der Waals surface area contributed by atoms with Crippen molar-refractivity contribution >= 4 is 29.4 Å². The van der Waals surface area contributed by atoms with Crippen LogP contribution in [0.15, 0.2) is 60.7 Å². The highest BCUT2D eigenvalue weighted by molar-refractivity contribution is 7.99. The molecule has 2 aromatic carbocycles. The molecule has 2 atom stereocenters. The lowest BCUT2D eigenvalue weighted by molar-refractivity contribution is -0.127. The van der Waals surface area contributed by atoms with Crippen molar-refractivity contribution in [3.05, 3.63) is 66.2 Å². The summed E-state index contributed by atoms with van der Waals surface area (Å²) in [5, 5.41) is 5.76. The predicted octanol–water partition coefficient (Wildman–Crippen LogP) is 3.65. The Bertz CT molecular complexity index is 861. The summed E-state index contributed by atoms with van der Waals surface area (Å²) in [5.41, 5.74) is 1.15. The quantitative estimate of drug-likeness (QED) is 0.415. The van der Waals surface area contributed by atoms with Crippen LogP contribution in [0.25, 0.3) is 0 Å². The normalized spacial score (nSPS) is 12.4. The molecule has 0 aliphatic carbocycles. The van der Waals surface area contributed by atoms with Crippen LogP contribution in [0.3, 0.4) is 0 Å². The average molecular weight is 471 g/mol. The van der Waals surface area contributed by atoms with E-state index >= 15 is 0 Å². The minimum absolute atomic E-state index is 0.0438. The van der Waals surface area contributed by atoms with E-state index in [0.29, 0.717) is 37.3 Å². The zero-order valence-corrected chi connectivity index (χ0v) is 20.2. The average Bonchev–Trinajstić information content (AvgIpc) is 2.84. The SMILES string of the molecule is CSCC(=O)[C@H](CCc1ccccc1)NC(=O)CC[C@H](C)CNC(=O)COc1ccccc1. The predicted molar refractivity (Wildman–Crippen MR) is 133 cm³/mol. The van der Waals surface area contributed by atoms with Gasteiger partial charge in [-0.2, -0.15) is 11.8 Å². The molecule has 0 aliphatic rings. The molecule has 2 N–H and O–H groups in total. The van der Waals surface area contributed by atoms with Crippen LogP contribution in [-0.2, 0) is 20.8 Å². The van der Waals surface area contributed by atoms with Gasteiger partial charge in [0.1, 0.15) is 5.75 Å². The molecule has 0 spiro atoms. The van der Waals surface area contributed by atoms with Gasteiger partial charge in [-0.15, -0.1) is 0 Å². The molecule has 0 aromatic heterocycles. The van der Waals surface area contributed by atoms with Crippen LogP contribution in [0, 0.1) is 5.92 Å². The first kappa shape index (κ1) is 26.5. The Hall–Kier alpha value is -2.80. The van der Waals surface area contributed by atoms with E-state index < -0.39 is 6.04 Å². The van der Waals surface area contributed by atoms with Crippen molar-refractivity contribution in [3.63, 3.8) is 0 Å². The number of hydrogen-bond donors (Lipinski definition) is 2. The number of ether oxygens (including phenoxy) is 1. The van der Waals surface area contributed by atoms with Gasteiger partial charge in [-0.05, 0) is 49.1 Å². The number of thioether (sulfide) groups is 1. The largest absolute Gasteiger partial charge is 0.484 e. The van der Waals surface area contributed by atoms with Gasteiger partial charge in [0.25, 0.3) is 5.91 Å². The molecule has 0 saturated carbocycles. The van der Waals surface area contributed by atoms with Crippen LogP contribution in [0.4, 0.5) is 0 Å². The Kier molecular flexibility index (Phi) is 12.1. The number of hydrogen-bond acceptors (Lipinski definition) is 5. The van der Waals surface area contributed by atoms with Crippen LogP contribution in [0.2, 0.25) is 0 Å². The number of carbonyl (C=O) groups is 3. The van der Waals surface area contributed by atoms with Crippen LogP contribution in [0.1, 0.15) is 31.7 Å². The molecule has 0 saturated heterocycles. The van der Waals surface area contributed by atoms with Crippen LogP contribution < -0.4 is 15.4 Å². The van der Waals surface area contributed by atoms with Crippen LogP contribution in [-0.4, -0.2) is 48.8 Å². The topological polar surface area (TPSA) is 84.5 Å². The third-order valence-corrected chi connectivity index (χ3v) is 5.77. The highest BCUT2D eigenvalue weighted by Gasteiger charge is 2.20. The van der Waals surface area contributed by atoms with Gasteiger partial charge in [0.05, 0.1) is 11.8 Å². The van der Waals surface area contributed by atoms with Crippen molar-refractivity contribution in [2.75, 3.05) is 25.2 Å². The van der Waals surface area contributed by atoms with Gasteiger partial charge < -0.3 is 15.4 Å². The molecule has 0 fully saturated rings. The number of para-hydroxylation sites is 1. The maximum atomic E-state index is 12.5. The number of nitrogens with one attached hydrogen (secondary N) is 2. The third-order valence-electron chi connectivity index (χ3n) is 5.20. The molecular weight excluding hydrogens is 436 g/mol. The summed E-state index contributed by atoms with van der Waals surface area (Å²) >= 11 is 1.47. The number of benzene rings is 2. The molecule has 0 radical (unpaired) electrons. The van der Waals surface area contributed by atoms with E-state index in [0.717, 1.165) is 12.0 Å². The standard InChI is InChI=1S/C26H34N2O4S/c1-20(17-27-26(31)18-32-22-11-7-4-8-12-22)13-16-25(30)28-23(24(29)19-33-2)15-14-21-9-5-3-6-10-21/h3-12,20,23H,13-19H2,1-2H3,(H,27,31)(H,28,30)/t20-,23-/m0/s1. The van der Waals surface area contributed by atoms with Crippen molar-refractivity contribution in [1.82, 2.24) is 10.6 Å². The summed E-state index contributed by atoms with van der Waals surface area (Å²) in [4.78, 5) is 37.0. The van der Waals surface area contributed by atoms with Gasteiger partial charge in [-0.1, -0.05) is 55.5 Å². The van der Waals surface area contributed by atoms with Crippen molar-refractivity contribution in [1.29, 1.82) is 0 Å². The van der Waals surface area contributed by atoms with E-state index in [2.05, 4.69) is 10.6 Å². The van der Waals surface area contributed by atoms with Crippen LogP contribution >= 0.6 is 11.8 Å². The zero-order chi connectivity index (χ0) is 23.9. The fourth-order valence-corrected chi connectivity index (χ4v) is 3.75. The van der Waals surface area contributed by atoms with Gasteiger partial charge in [0.15, 0.2) is 12.4 Å². The molecule has 0 bridgehead atoms.